The second-order valence-corrected chi connectivity index (χ2v) is 5.25. The van der Waals surface area contributed by atoms with Gasteiger partial charge in [-0.05, 0) is 43.9 Å². The van der Waals surface area contributed by atoms with Gasteiger partial charge >= 0.3 is 5.97 Å². The maximum Gasteiger partial charge on any atom is 0.341 e. The van der Waals surface area contributed by atoms with E-state index in [1.54, 1.807) is 14.0 Å². The number of rotatable bonds is 3. The summed E-state index contributed by atoms with van der Waals surface area (Å²) in [5.74, 6) is -1.22. The first-order valence-corrected chi connectivity index (χ1v) is 6.80. The van der Waals surface area contributed by atoms with Crippen molar-refractivity contribution in [2.24, 2.45) is 0 Å². The molecule has 1 fully saturated rings. The fourth-order valence-electron chi connectivity index (χ4n) is 2.58. The number of nitrogens with two attached hydrogens (primary N) is 1. The molecule has 5 heteroatoms. The molecule has 0 spiro atoms. The fourth-order valence-corrected chi connectivity index (χ4v) is 2.58. The van der Waals surface area contributed by atoms with Crippen molar-refractivity contribution < 1.29 is 18.7 Å². The molecular formula is C15H20FNO3. The highest BCUT2D eigenvalue weighted by molar-refractivity contribution is 5.91. The normalized spacial score (nSPS) is 22.6. The highest BCUT2D eigenvalue weighted by Crippen LogP contribution is 2.25. The third kappa shape index (κ3) is 3.28. The van der Waals surface area contributed by atoms with Gasteiger partial charge in [0.2, 0.25) is 0 Å². The number of methoxy groups -OCH3 is 1. The number of nitrogen functional groups attached to an aromatic ring is 1. The maximum atomic E-state index is 13.9. The summed E-state index contributed by atoms with van der Waals surface area (Å²) >= 11 is 0. The molecule has 0 saturated heterocycles. The van der Waals surface area contributed by atoms with E-state index in [4.69, 9.17) is 15.2 Å². The lowest BCUT2D eigenvalue weighted by atomic mass is 9.95. The summed E-state index contributed by atoms with van der Waals surface area (Å²) in [6.07, 6.45) is 3.24. The molecule has 1 aliphatic rings. The van der Waals surface area contributed by atoms with Crippen LogP contribution >= 0.6 is 0 Å². The monoisotopic (exact) mass is 281 g/mol. The summed E-state index contributed by atoms with van der Waals surface area (Å²) in [6.45, 7) is 1.57. The van der Waals surface area contributed by atoms with Gasteiger partial charge < -0.3 is 15.2 Å². The lowest BCUT2D eigenvalue weighted by Crippen LogP contribution is -2.29. The molecule has 20 heavy (non-hydrogen) atoms. The number of carbonyl (C=O) groups excluding carboxylic acids is 1. The third-order valence-corrected chi connectivity index (χ3v) is 3.68. The molecule has 1 aromatic rings. The van der Waals surface area contributed by atoms with Gasteiger partial charge in [0.05, 0.1) is 11.7 Å². The van der Waals surface area contributed by atoms with E-state index in [0.29, 0.717) is 17.7 Å². The van der Waals surface area contributed by atoms with Crippen molar-refractivity contribution in [3.8, 4) is 0 Å². The number of aryl methyl sites for hydroxylation is 1. The first kappa shape index (κ1) is 14.8. The van der Waals surface area contributed by atoms with Crippen LogP contribution in [0.15, 0.2) is 12.1 Å². The zero-order valence-electron chi connectivity index (χ0n) is 11.8. The highest BCUT2D eigenvalue weighted by atomic mass is 19.1. The van der Waals surface area contributed by atoms with Gasteiger partial charge in [-0.2, -0.15) is 0 Å². The number of hydrogen-bond acceptors (Lipinski definition) is 4. The zero-order chi connectivity index (χ0) is 14.7. The van der Waals surface area contributed by atoms with Gasteiger partial charge in [0.15, 0.2) is 0 Å². The minimum atomic E-state index is -0.653. The molecular weight excluding hydrogens is 261 g/mol. The summed E-state index contributed by atoms with van der Waals surface area (Å²) in [5.41, 5.74) is 6.25. The van der Waals surface area contributed by atoms with E-state index in [2.05, 4.69) is 0 Å². The van der Waals surface area contributed by atoms with E-state index in [1.165, 1.54) is 12.1 Å². The van der Waals surface area contributed by atoms with E-state index in [-0.39, 0.29) is 17.8 Å². The van der Waals surface area contributed by atoms with Crippen molar-refractivity contribution in [1.29, 1.82) is 0 Å². The maximum absolute atomic E-state index is 13.9. The number of halogens is 1. The van der Waals surface area contributed by atoms with Crippen molar-refractivity contribution in [3.63, 3.8) is 0 Å². The van der Waals surface area contributed by atoms with Crippen molar-refractivity contribution in [2.75, 3.05) is 12.8 Å². The molecule has 1 aromatic carbocycles. The van der Waals surface area contributed by atoms with Gasteiger partial charge in [0.1, 0.15) is 11.9 Å². The lowest BCUT2D eigenvalue weighted by molar-refractivity contribution is -0.0152. The average molecular weight is 281 g/mol. The summed E-state index contributed by atoms with van der Waals surface area (Å²) in [6, 6.07) is 2.81. The van der Waals surface area contributed by atoms with E-state index in [9.17, 15) is 9.18 Å². The number of esters is 1. The molecule has 1 aliphatic carbocycles. The number of carbonyl (C=O) groups is 1. The molecule has 0 radical (unpaired) electrons. The van der Waals surface area contributed by atoms with Crippen LogP contribution in [0.1, 0.15) is 41.6 Å². The molecule has 0 aliphatic heterocycles. The molecule has 1 saturated carbocycles. The van der Waals surface area contributed by atoms with Gasteiger partial charge in [-0.15, -0.1) is 0 Å². The molecule has 0 aromatic heterocycles. The SMILES string of the molecule is COC1CCCC(OC(=O)c2cc(N)cc(C)c2F)C1. The van der Waals surface area contributed by atoms with Crippen LogP contribution in [0, 0.1) is 12.7 Å². The predicted molar refractivity (Wildman–Crippen MR) is 74.0 cm³/mol. The molecule has 2 atom stereocenters. The summed E-state index contributed by atoms with van der Waals surface area (Å²) in [4.78, 5) is 12.1. The van der Waals surface area contributed by atoms with E-state index in [1.807, 2.05) is 0 Å². The van der Waals surface area contributed by atoms with E-state index in [0.717, 1.165) is 19.3 Å². The van der Waals surface area contributed by atoms with Crippen LogP contribution < -0.4 is 5.73 Å². The molecule has 110 valence electrons. The third-order valence-electron chi connectivity index (χ3n) is 3.68. The Hall–Kier alpha value is -1.62. The topological polar surface area (TPSA) is 61.5 Å². The highest BCUT2D eigenvalue weighted by Gasteiger charge is 2.26. The Morgan fingerprint density at radius 3 is 2.75 bits per heavy atom. The number of hydrogen-bond donors (Lipinski definition) is 1. The summed E-state index contributed by atoms with van der Waals surface area (Å²) in [5, 5.41) is 0. The Morgan fingerprint density at radius 2 is 2.05 bits per heavy atom. The zero-order valence-corrected chi connectivity index (χ0v) is 11.8. The van der Waals surface area contributed by atoms with Gasteiger partial charge in [-0.1, -0.05) is 0 Å². The van der Waals surface area contributed by atoms with Crippen molar-refractivity contribution in [1.82, 2.24) is 0 Å². The van der Waals surface area contributed by atoms with Crippen LogP contribution in [0.5, 0.6) is 0 Å². The van der Waals surface area contributed by atoms with E-state index < -0.39 is 11.8 Å². The van der Waals surface area contributed by atoms with Gasteiger partial charge in [-0.25, -0.2) is 9.18 Å². The molecule has 2 unspecified atom stereocenters. The van der Waals surface area contributed by atoms with Crippen molar-refractivity contribution in [3.05, 3.63) is 29.1 Å². The molecule has 0 amide bonds. The van der Waals surface area contributed by atoms with Crippen LogP contribution in [0.25, 0.3) is 0 Å². The molecule has 4 nitrogen and oxygen atoms in total. The minimum Gasteiger partial charge on any atom is -0.459 e. The fraction of sp³-hybridized carbons (Fsp3) is 0.533. The van der Waals surface area contributed by atoms with E-state index >= 15 is 0 Å². The standard InChI is InChI=1S/C15H20FNO3/c1-9-6-10(17)7-13(14(9)16)15(18)20-12-5-3-4-11(8-12)19-2/h6-7,11-12H,3-5,8,17H2,1-2H3. The lowest BCUT2D eigenvalue weighted by Gasteiger charge is -2.28. The Bertz CT molecular complexity index is 504. The largest absolute Gasteiger partial charge is 0.459 e. The van der Waals surface area contributed by atoms with Crippen LogP contribution in [-0.4, -0.2) is 25.3 Å². The van der Waals surface area contributed by atoms with Gasteiger partial charge in [0, 0.05) is 19.2 Å². The second kappa shape index (κ2) is 6.22. The van der Waals surface area contributed by atoms with Gasteiger partial charge in [-0.3, -0.25) is 0 Å². The van der Waals surface area contributed by atoms with Crippen LogP contribution in [0.3, 0.4) is 0 Å². The minimum absolute atomic E-state index is 0.0953. The quantitative estimate of drug-likeness (QED) is 0.683. The first-order chi connectivity index (χ1) is 9.51. The summed E-state index contributed by atoms with van der Waals surface area (Å²) in [7, 11) is 1.65. The first-order valence-electron chi connectivity index (χ1n) is 6.80. The number of benzene rings is 1. The Morgan fingerprint density at radius 1 is 1.35 bits per heavy atom. The van der Waals surface area contributed by atoms with Crippen LogP contribution in [-0.2, 0) is 9.47 Å². The smallest absolute Gasteiger partial charge is 0.341 e. The van der Waals surface area contributed by atoms with Crippen LogP contribution in [0.2, 0.25) is 0 Å². The Balaban J connectivity index is 2.08. The average Bonchev–Trinajstić information content (AvgIpc) is 2.43. The van der Waals surface area contributed by atoms with Crippen molar-refractivity contribution >= 4 is 11.7 Å². The van der Waals surface area contributed by atoms with Crippen LogP contribution in [0.4, 0.5) is 10.1 Å². The molecule has 2 N–H and O–H groups in total. The summed E-state index contributed by atoms with van der Waals surface area (Å²) < 4.78 is 24.6. The molecule has 0 heterocycles. The number of ether oxygens (including phenoxy) is 2. The Labute approximate surface area is 118 Å². The predicted octanol–water partition coefficient (Wildman–Crippen LogP) is 2.83. The Kier molecular flexibility index (Phi) is 4.60. The van der Waals surface area contributed by atoms with Gasteiger partial charge in [0.25, 0.3) is 0 Å². The second-order valence-electron chi connectivity index (χ2n) is 5.25. The van der Waals surface area contributed by atoms with Crippen molar-refractivity contribution in [2.45, 2.75) is 44.8 Å². The molecule has 2 rings (SSSR count). The number of anilines is 1. The molecule has 0 bridgehead atoms.